The van der Waals surface area contributed by atoms with E-state index in [1.807, 2.05) is 53.1 Å². The Morgan fingerprint density at radius 3 is 2.72 bits per heavy atom. The molecule has 1 fully saturated rings. The van der Waals surface area contributed by atoms with Crippen molar-refractivity contribution in [3.05, 3.63) is 72.0 Å². The molecule has 39 heavy (non-hydrogen) atoms. The average Bonchev–Trinajstić information content (AvgIpc) is 2.90. The Morgan fingerprint density at radius 2 is 1.97 bits per heavy atom. The van der Waals surface area contributed by atoms with Crippen molar-refractivity contribution in [3.8, 4) is 0 Å². The fourth-order valence-corrected chi connectivity index (χ4v) is 5.36. The molecule has 0 bridgehead atoms. The molecule has 1 aliphatic heterocycles. The number of hydrogen-bond acceptors (Lipinski definition) is 5. The lowest BCUT2D eigenvalue weighted by Gasteiger charge is -2.39. The highest BCUT2D eigenvalue weighted by Crippen LogP contribution is 2.34. The van der Waals surface area contributed by atoms with Gasteiger partial charge in [0.15, 0.2) is 5.78 Å². The first-order chi connectivity index (χ1) is 18.9. The minimum Gasteiger partial charge on any atom is -0.343 e. The third kappa shape index (κ3) is 7.43. The molecule has 2 amide bonds. The number of ketones is 1. The van der Waals surface area contributed by atoms with Crippen LogP contribution in [0, 0.1) is 5.92 Å². The van der Waals surface area contributed by atoms with Crippen molar-refractivity contribution in [1.29, 1.82) is 0 Å². The summed E-state index contributed by atoms with van der Waals surface area (Å²) in [5.74, 6) is 1.32. The molecule has 7 heteroatoms. The highest BCUT2D eigenvalue weighted by atomic mass is 16.2. The zero-order chi connectivity index (χ0) is 27.8. The summed E-state index contributed by atoms with van der Waals surface area (Å²) >= 11 is 0. The van der Waals surface area contributed by atoms with Gasteiger partial charge in [-0.3, -0.25) is 14.4 Å². The van der Waals surface area contributed by atoms with Crippen LogP contribution in [-0.4, -0.2) is 58.6 Å². The molecule has 2 aromatic rings. The van der Waals surface area contributed by atoms with Gasteiger partial charge >= 0.3 is 0 Å². The monoisotopic (exact) mass is 528 g/mol. The number of allylic oxidation sites excluding steroid dienone is 1. The average molecular weight is 529 g/mol. The molecule has 1 N–H and O–H groups in total. The van der Waals surface area contributed by atoms with E-state index in [0.29, 0.717) is 18.9 Å². The van der Waals surface area contributed by atoms with E-state index in [0.717, 1.165) is 74.5 Å². The Hall–Kier alpha value is -3.74. The van der Waals surface area contributed by atoms with Crippen LogP contribution < -0.4 is 5.32 Å². The first kappa shape index (κ1) is 28.3. The van der Waals surface area contributed by atoms with Gasteiger partial charge in [-0.05, 0) is 85.6 Å². The van der Waals surface area contributed by atoms with Gasteiger partial charge in [-0.1, -0.05) is 25.1 Å². The van der Waals surface area contributed by atoms with Crippen LogP contribution >= 0.6 is 0 Å². The number of rotatable bonds is 13. The second-order valence-corrected chi connectivity index (χ2v) is 10.6. The number of benzene rings is 1. The number of fused-ring (bicyclic) bond motifs is 1. The second kappa shape index (κ2) is 13.4. The van der Waals surface area contributed by atoms with Gasteiger partial charge in [0.25, 0.3) is 0 Å². The summed E-state index contributed by atoms with van der Waals surface area (Å²) in [7, 11) is 0. The van der Waals surface area contributed by atoms with Crippen LogP contribution in [0.3, 0.4) is 0 Å². The minimum atomic E-state index is -0.251. The minimum absolute atomic E-state index is 0.0960. The molecule has 4 rings (SSSR count). The molecule has 7 nitrogen and oxygen atoms in total. The summed E-state index contributed by atoms with van der Waals surface area (Å²) in [5.41, 5.74) is 3.95. The van der Waals surface area contributed by atoms with Gasteiger partial charge in [-0.15, -0.1) is 6.58 Å². The molecule has 0 saturated carbocycles. The van der Waals surface area contributed by atoms with Crippen molar-refractivity contribution in [2.24, 2.45) is 5.92 Å². The molecule has 2 heterocycles. The second-order valence-electron chi connectivity index (χ2n) is 10.6. The lowest BCUT2D eigenvalue weighted by Crippen LogP contribution is -2.49. The maximum absolute atomic E-state index is 12.8. The predicted molar refractivity (Wildman–Crippen MR) is 156 cm³/mol. The summed E-state index contributed by atoms with van der Waals surface area (Å²) in [5, 5.41) is 3.42. The van der Waals surface area contributed by atoms with E-state index in [4.69, 9.17) is 4.98 Å². The maximum Gasteiger partial charge on any atom is 0.222 e. The number of anilines is 2. The molecular weight excluding hydrogens is 488 g/mol. The Balaban J connectivity index is 1.36. The highest BCUT2D eigenvalue weighted by Gasteiger charge is 2.32. The van der Waals surface area contributed by atoms with E-state index >= 15 is 0 Å². The van der Waals surface area contributed by atoms with Gasteiger partial charge in [-0.2, -0.15) is 0 Å². The van der Waals surface area contributed by atoms with Crippen LogP contribution in [0.1, 0.15) is 68.7 Å². The van der Waals surface area contributed by atoms with Crippen LogP contribution in [0.2, 0.25) is 0 Å². The summed E-state index contributed by atoms with van der Waals surface area (Å²) in [6.45, 7) is 10.3. The van der Waals surface area contributed by atoms with E-state index < -0.39 is 0 Å². The van der Waals surface area contributed by atoms with Crippen molar-refractivity contribution < 1.29 is 14.4 Å². The maximum atomic E-state index is 12.8. The van der Waals surface area contributed by atoms with E-state index in [-0.39, 0.29) is 23.5 Å². The van der Waals surface area contributed by atoms with Crippen LogP contribution in [0.15, 0.2) is 55.1 Å². The first-order valence-corrected chi connectivity index (χ1v) is 14.1. The summed E-state index contributed by atoms with van der Waals surface area (Å²) in [6.07, 6.45) is 10.1. The number of amides is 2. The molecule has 0 spiro atoms. The predicted octanol–water partition coefficient (Wildman–Crippen LogP) is 5.51. The molecule has 1 aromatic carbocycles. The lowest BCUT2D eigenvalue weighted by atomic mass is 9.83. The van der Waals surface area contributed by atoms with Gasteiger partial charge in [0.1, 0.15) is 5.82 Å². The molecule has 1 atom stereocenters. The number of carbonyl (C=O) groups excluding carboxylic acids is 3. The molecule has 1 aromatic heterocycles. The number of nitrogens with one attached hydrogen (secondary N) is 1. The van der Waals surface area contributed by atoms with Crippen molar-refractivity contribution >= 4 is 35.2 Å². The Bertz CT molecular complexity index is 1230. The number of hydrogen-bond donors (Lipinski definition) is 1. The van der Waals surface area contributed by atoms with Crippen LogP contribution in [0.4, 0.5) is 11.5 Å². The number of aryl methyl sites for hydroxylation is 1. The van der Waals surface area contributed by atoms with E-state index in [9.17, 15) is 14.4 Å². The van der Waals surface area contributed by atoms with Crippen molar-refractivity contribution in [2.45, 2.75) is 58.3 Å². The molecule has 1 saturated heterocycles. The highest BCUT2D eigenvalue weighted by molar-refractivity contribution is 6.01. The Labute approximate surface area is 232 Å². The fraction of sp³-hybridized carbons (Fsp3) is 0.438. The van der Waals surface area contributed by atoms with Crippen molar-refractivity contribution in [2.75, 3.05) is 31.5 Å². The zero-order valence-corrected chi connectivity index (χ0v) is 23.2. The number of aromatic nitrogens is 1. The molecule has 1 unspecified atom stereocenters. The fourth-order valence-electron chi connectivity index (χ4n) is 5.36. The largest absolute Gasteiger partial charge is 0.343 e. The third-order valence-corrected chi connectivity index (χ3v) is 7.68. The standard InChI is InChI=1S/C32H40N4O3/c1-4-6-18-35(23(3)37)19-8-10-24-9-7-11-27(20-24)33-30-17-14-26-13-16-29(38)28(32(26)34-30)15-12-25-21-36(22-25)31(39)5-2/h4,7,9,11,13-14,16-17,20,25,28H,1,5-6,8,10,12,15,18-19,21-22H2,2-3H3,(H,33,34). The van der Waals surface area contributed by atoms with Crippen LogP contribution in [0.5, 0.6) is 0 Å². The molecule has 1 aliphatic carbocycles. The van der Waals surface area contributed by atoms with Crippen LogP contribution in [-0.2, 0) is 20.8 Å². The topological polar surface area (TPSA) is 82.6 Å². The van der Waals surface area contributed by atoms with Crippen molar-refractivity contribution in [3.63, 3.8) is 0 Å². The number of likely N-dealkylation sites (tertiary alicyclic amines) is 1. The van der Waals surface area contributed by atoms with Gasteiger partial charge in [0, 0.05) is 45.2 Å². The van der Waals surface area contributed by atoms with Crippen molar-refractivity contribution in [1.82, 2.24) is 14.8 Å². The SMILES string of the molecule is C=CCCN(CCCc1cccc(Nc2ccc3c(n2)C(CCC2CN(C(=O)CC)C2)C(=O)C=C3)c1)C(C)=O. The van der Waals surface area contributed by atoms with Crippen LogP contribution in [0.25, 0.3) is 6.08 Å². The van der Waals surface area contributed by atoms with Gasteiger partial charge < -0.3 is 15.1 Å². The van der Waals surface area contributed by atoms with E-state index in [1.54, 1.807) is 13.0 Å². The Morgan fingerprint density at radius 1 is 1.15 bits per heavy atom. The number of pyridine rings is 1. The first-order valence-electron chi connectivity index (χ1n) is 14.1. The molecule has 206 valence electrons. The molecule has 2 aliphatic rings. The van der Waals surface area contributed by atoms with E-state index in [2.05, 4.69) is 24.0 Å². The quantitative estimate of drug-likeness (QED) is 0.347. The number of nitrogens with zero attached hydrogens (tertiary/aromatic N) is 3. The third-order valence-electron chi connectivity index (χ3n) is 7.68. The normalized spacial score (nSPS) is 16.4. The summed E-state index contributed by atoms with van der Waals surface area (Å²) in [4.78, 5) is 45.2. The lowest BCUT2D eigenvalue weighted by molar-refractivity contribution is -0.137. The van der Waals surface area contributed by atoms with Gasteiger partial charge in [0.2, 0.25) is 11.8 Å². The molecular formula is C32H40N4O3. The summed E-state index contributed by atoms with van der Waals surface area (Å²) in [6, 6.07) is 12.2. The van der Waals surface area contributed by atoms with E-state index in [1.165, 1.54) is 5.56 Å². The smallest absolute Gasteiger partial charge is 0.222 e. The zero-order valence-electron chi connectivity index (χ0n) is 23.2. The van der Waals surface area contributed by atoms with Gasteiger partial charge in [0.05, 0.1) is 11.6 Å². The number of carbonyl (C=O) groups is 3. The Kier molecular flexibility index (Phi) is 9.69. The van der Waals surface area contributed by atoms with Gasteiger partial charge in [-0.25, -0.2) is 4.98 Å². The molecule has 0 radical (unpaired) electrons. The summed E-state index contributed by atoms with van der Waals surface area (Å²) < 4.78 is 0.